The molecule has 1 N–H and O–H groups in total. The van der Waals surface area contributed by atoms with Gasteiger partial charge in [-0.2, -0.15) is 0 Å². The third-order valence-electron chi connectivity index (χ3n) is 2.92. The number of benzene rings is 1. The van der Waals surface area contributed by atoms with Crippen LogP contribution < -0.4 is 9.64 Å². The quantitative estimate of drug-likeness (QED) is 0.899. The van der Waals surface area contributed by atoms with E-state index in [-0.39, 0.29) is 6.61 Å². The van der Waals surface area contributed by atoms with Gasteiger partial charge in [-0.25, -0.2) is 4.98 Å². The fourth-order valence-corrected chi connectivity index (χ4v) is 2.80. The van der Waals surface area contributed by atoms with Crippen molar-refractivity contribution >= 4 is 16.5 Å². The zero-order valence-corrected chi connectivity index (χ0v) is 10.7. The molecule has 2 heterocycles. The number of thiazole rings is 1. The summed E-state index contributed by atoms with van der Waals surface area (Å²) < 4.78 is 5.72. The highest BCUT2D eigenvalue weighted by atomic mass is 32.1. The van der Waals surface area contributed by atoms with Crippen molar-refractivity contribution in [3.8, 4) is 5.75 Å². The minimum absolute atomic E-state index is 0.0542. The third-order valence-corrected chi connectivity index (χ3v) is 3.96. The summed E-state index contributed by atoms with van der Waals surface area (Å²) in [6.45, 7) is 2.32. The first-order valence-corrected chi connectivity index (χ1v) is 6.69. The topological polar surface area (TPSA) is 45.6 Å². The molecule has 0 unspecified atom stereocenters. The molecular weight excluding hydrogens is 248 g/mol. The van der Waals surface area contributed by atoms with Crippen LogP contribution in [0, 0.1) is 0 Å². The van der Waals surface area contributed by atoms with Crippen LogP contribution in [0.3, 0.4) is 0 Å². The molecule has 0 atom stereocenters. The van der Waals surface area contributed by atoms with Gasteiger partial charge >= 0.3 is 0 Å². The standard InChI is InChI=1S/C13H14N2O2S/c16-9-11-7-14-13(18-11)15-5-6-17-12-4-2-1-3-10(12)8-15/h1-4,7,16H,5-6,8-9H2. The Bertz CT molecular complexity index is 541. The highest BCUT2D eigenvalue weighted by Gasteiger charge is 2.17. The summed E-state index contributed by atoms with van der Waals surface area (Å²) in [5, 5.41) is 10.0. The van der Waals surface area contributed by atoms with Gasteiger partial charge in [-0.15, -0.1) is 0 Å². The highest BCUT2D eigenvalue weighted by molar-refractivity contribution is 7.15. The molecule has 1 aliphatic heterocycles. The first-order chi connectivity index (χ1) is 8.86. The summed E-state index contributed by atoms with van der Waals surface area (Å²) in [6, 6.07) is 8.09. The Morgan fingerprint density at radius 3 is 3.11 bits per heavy atom. The van der Waals surface area contributed by atoms with Gasteiger partial charge in [-0.1, -0.05) is 29.5 Å². The monoisotopic (exact) mass is 262 g/mol. The van der Waals surface area contributed by atoms with E-state index in [0.717, 1.165) is 28.8 Å². The number of ether oxygens (including phenoxy) is 1. The van der Waals surface area contributed by atoms with Crippen molar-refractivity contribution in [1.82, 2.24) is 4.98 Å². The molecule has 0 bridgehead atoms. The van der Waals surface area contributed by atoms with Crippen LogP contribution in [0.4, 0.5) is 5.13 Å². The second-order valence-electron chi connectivity index (χ2n) is 4.15. The van der Waals surface area contributed by atoms with Gasteiger partial charge in [0.2, 0.25) is 0 Å². The molecular formula is C13H14N2O2S. The summed E-state index contributed by atoms with van der Waals surface area (Å²) in [6.07, 6.45) is 1.73. The Balaban J connectivity index is 1.86. The molecule has 0 radical (unpaired) electrons. The fourth-order valence-electron chi connectivity index (χ4n) is 2.01. The smallest absolute Gasteiger partial charge is 0.186 e. The number of fused-ring (bicyclic) bond motifs is 1. The molecule has 0 saturated carbocycles. The van der Waals surface area contributed by atoms with Crippen molar-refractivity contribution in [2.45, 2.75) is 13.2 Å². The van der Waals surface area contributed by atoms with Crippen molar-refractivity contribution in [2.24, 2.45) is 0 Å². The van der Waals surface area contributed by atoms with Gasteiger partial charge in [0.25, 0.3) is 0 Å². The number of aliphatic hydroxyl groups excluding tert-OH is 1. The zero-order chi connectivity index (χ0) is 12.4. The average molecular weight is 262 g/mol. The third kappa shape index (κ3) is 2.19. The van der Waals surface area contributed by atoms with E-state index in [1.807, 2.05) is 18.2 Å². The number of rotatable bonds is 2. The molecule has 4 nitrogen and oxygen atoms in total. The number of hydrogen-bond acceptors (Lipinski definition) is 5. The van der Waals surface area contributed by atoms with Gasteiger partial charge in [-0.05, 0) is 6.07 Å². The summed E-state index contributed by atoms with van der Waals surface area (Å²) in [7, 11) is 0. The number of aliphatic hydroxyl groups is 1. The van der Waals surface area contributed by atoms with E-state index in [9.17, 15) is 0 Å². The predicted octanol–water partition coefficient (Wildman–Crippen LogP) is 2.03. The summed E-state index contributed by atoms with van der Waals surface area (Å²) in [5.41, 5.74) is 1.18. The normalized spacial score (nSPS) is 14.8. The van der Waals surface area contributed by atoms with E-state index in [1.54, 1.807) is 6.20 Å². The number of aromatic nitrogens is 1. The number of nitrogens with zero attached hydrogens (tertiary/aromatic N) is 2. The summed E-state index contributed by atoms with van der Waals surface area (Å²) >= 11 is 1.53. The predicted molar refractivity (Wildman–Crippen MR) is 71.0 cm³/mol. The highest BCUT2D eigenvalue weighted by Crippen LogP contribution is 2.28. The molecule has 1 aliphatic rings. The lowest BCUT2D eigenvalue weighted by Crippen LogP contribution is -2.24. The minimum Gasteiger partial charge on any atom is -0.491 e. The molecule has 1 aromatic heterocycles. The van der Waals surface area contributed by atoms with Crippen molar-refractivity contribution in [3.63, 3.8) is 0 Å². The molecule has 3 rings (SSSR count). The lowest BCUT2D eigenvalue weighted by Gasteiger charge is -2.18. The molecule has 0 aliphatic carbocycles. The summed E-state index contributed by atoms with van der Waals surface area (Å²) in [4.78, 5) is 7.44. The maximum Gasteiger partial charge on any atom is 0.186 e. The molecule has 0 amide bonds. The lowest BCUT2D eigenvalue weighted by molar-refractivity contribution is 0.285. The molecule has 0 saturated heterocycles. The first-order valence-electron chi connectivity index (χ1n) is 5.88. The van der Waals surface area contributed by atoms with E-state index < -0.39 is 0 Å². The van der Waals surface area contributed by atoms with Gasteiger partial charge in [0.05, 0.1) is 18.0 Å². The maximum absolute atomic E-state index is 9.09. The number of anilines is 1. The Morgan fingerprint density at radius 1 is 1.39 bits per heavy atom. The largest absolute Gasteiger partial charge is 0.491 e. The molecule has 1 aromatic carbocycles. The van der Waals surface area contributed by atoms with E-state index in [2.05, 4.69) is 16.0 Å². The van der Waals surface area contributed by atoms with Gasteiger partial charge in [0.15, 0.2) is 5.13 Å². The first kappa shape index (κ1) is 11.5. The number of para-hydroxylation sites is 1. The van der Waals surface area contributed by atoms with Crippen LogP contribution in [0.1, 0.15) is 10.4 Å². The van der Waals surface area contributed by atoms with Crippen LogP contribution >= 0.6 is 11.3 Å². The SMILES string of the molecule is OCc1cnc(N2CCOc3ccccc3C2)s1. The van der Waals surface area contributed by atoms with Crippen molar-refractivity contribution in [3.05, 3.63) is 40.9 Å². The van der Waals surface area contributed by atoms with Crippen LogP contribution in [-0.4, -0.2) is 23.2 Å². The molecule has 18 heavy (non-hydrogen) atoms. The molecule has 0 spiro atoms. The number of hydrogen-bond donors (Lipinski definition) is 1. The Morgan fingerprint density at radius 2 is 2.28 bits per heavy atom. The maximum atomic E-state index is 9.09. The van der Waals surface area contributed by atoms with Gasteiger partial charge in [-0.3, -0.25) is 0 Å². The van der Waals surface area contributed by atoms with Crippen LogP contribution in [0.15, 0.2) is 30.5 Å². The van der Waals surface area contributed by atoms with Crippen LogP contribution in [0.2, 0.25) is 0 Å². The second-order valence-corrected chi connectivity index (χ2v) is 5.24. The second kappa shape index (κ2) is 4.96. The van der Waals surface area contributed by atoms with E-state index in [0.29, 0.717) is 6.61 Å². The van der Waals surface area contributed by atoms with Crippen LogP contribution in [-0.2, 0) is 13.2 Å². The fraction of sp³-hybridized carbons (Fsp3) is 0.308. The zero-order valence-electron chi connectivity index (χ0n) is 9.87. The molecule has 94 valence electrons. The lowest BCUT2D eigenvalue weighted by atomic mass is 10.2. The van der Waals surface area contributed by atoms with Crippen LogP contribution in [0.5, 0.6) is 5.75 Å². The Labute approximate surface area is 109 Å². The van der Waals surface area contributed by atoms with E-state index >= 15 is 0 Å². The Kier molecular flexibility index (Phi) is 3.17. The van der Waals surface area contributed by atoms with Crippen molar-refractivity contribution in [2.75, 3.05) is 18.1 Å². The van der Waals surface area contributed by atoms with E-state index in [1.165, 1.54) is 16.9 Å². The van der Waals surface area contributed by atoms with Crippen molar-refractivity contribution in [1.29, 1.82) is 0 Å². The molecule has 2 aromatic rings. The van der Waals surface area contributed by atoms with Gasteiger partial charge in [0.1, 0.15) is 12.4 Å². The Hall–Kier alpha value is -1.59. The van der Waals surface area contributed by atoms with Crippen molar-refractivity contribution < 1.29 is 9.84 Å². The van der Waals surface area contributed by atoms with E-state index in [4.69, 9.17) is 9.84 Å². The van der Waals surface area contributed by atoms with Gasteiger partial charge < -0.3 is 14.7 Å². The molecule has 5 heteroatoms. The summed E-state index contributed by atoms with van der Waals surface area (Å²) in [5.74, 6) is 0.957. The molecule has 0 fully saturated rings. The average Bonchev–Trinajstić information content (AvgIpc) is 2.78. The van der Waals surface area contributed by atoms with Crippen LogP contribution in [0.25, 0.3) is 0 Å². The van der Waals surface area contributed by atoms with Gasteiger partial charge in [0, 0.05) is 18.3 Å². The minimum atomic E-state index is 0.0542.